The summed E-state index contributed by atoms with van der Waals surface area (Å²) in [6, 6.07) is 5.50. The lowest BCUT2D eigenvalue weighted by Gasteiger charge is -2.24. The molecule has 0 heterocycles. The molecule has 0 amide bonds. The molecule has 1 aliphatic rings. The van der Waals surface area contributed by atoms with E-state index in [4.69, 9.17) is 5.11 Å². The zero-order chi connectivity index (χ0) is 15.2. The van der Waals surface area contributed by atoms with Gasteiger partial charge in [-0.2, -0.15) is 0 Å². The molecule has 4 nitrogen and oxygen atoms in total. The van der Waals surface area contributed by atoms with Crippen LogP contribution in [0.3, 0.4) is 0 Å². The number of aliphatic carboxylic acids is 1. The quantitative estimate of drug-likeness (QED) is 0.673. The highest BCUT2D eigenvalue weighted by Gasteiger charge is 2.23. The fourth-order valence-electron chi connectivity index (χ4n) is 2.89. The number of benzene rings is 1. The highest BCUT2D eigenvalue weighted by Crippen LogP contribution is 2.26. The van der Waals surface area contributed by atoms with Gasteiger partial charge in [0.2, 0.25) is 0 Å². The number of fused-ring (bicyclic) bond motifs is 1. The van der Waals surface area contributed by atoms with Gasteiger partial charge in [-0.05, 0) is 42.4 Å². The monoisotopic (exact) mass is 289 g/mol. The van der Waals surface area contributed by atoms with Crippen LogP contribution in [0.1, 0.15) is 42.1 Å². The van der Waals surface area contributed by atoms with E-state index >= 15 is 0 Å². The molecule has 0 aromatic heterocycles. The molecule has 1 aliphatic carbocycles. The van der Waals surface area contributed by atoms with Crippen molar-refractivity contribution in [2.24, 2.45) is 0 Å². The average molecular weight is 289 g/mol. The number of hydrogen-bond acceptors (Lipinski definition) is 3. The third kappa shape index (κ3) is 4.16. The number of aliphatic hydroxyl groups is 1. The average Bonchev–Trinajstić information content (AvgIpc) is 2.50. The molecule has 2 rings (SSSR count). The van der Waals surface area contributed by atoms with Crippen LogP contribution in [0.2, 0.25) is 0 Å². The summed E-state index contributed by atoms with van der Waals surface area (Å²) in [7, 11) is 0. The lowest BCUT2D eigenvalue weighted by atomic mass is 9.88. The van der Waals surface area contributed by atoms with E-state index in [1.165, 1.54) is 24.0 Å². The van der Waals surface area contributed by atoms with Crippen LogP contribution in [0.25, 0.3) is 0 Å². The van der Waals surface area contributed by atoms with Crippen molar-refractivity contribution in [1.29, 1.82) is 0 Å². The van der Waals surface area contributed by atoms with Crippen LogP contribution in [0, 0.1) is 0 Å². The van der Waals surface area contributed by atoms with Gasteiger partial charge in [0.05, 0.1) is 12.5 Å². The molecule has 0 bridgehead atoms. The first kappa shape index (κ1) is 15.7. The Morgan fingerprint density at radius 2 is 2.05 bits per heavy atom. The van der Waals surface area contributed by atoms with Gasteiger partial charge in [-0.15, -0.1) is 6.58 Å². The van der Waals surface area contributed by atoms with E-state index in [1.54, 1.807) is 6.08 Å². The molecule has 0 saturated carbocycles. The smallest absolute Gasteiger partial charge is 0.305 e. The molecular weight excluding hydrogens is 266 g/mol. The van der Waals surface area contributed by atoms with Gasteiger partial charge in [0.1, 0.15) is 0 Å². The molecule has 0 aliphatic heterocycles. The van der Waals surface area contributed by atoms with E-state index in [2.05, 4.69) is 18.0 Å². The molecule has 0 spiro atoms. The number of nitrogens with one attached hydrogen (secondary N) is 1. The Balaban J connectivity index is 2.16. The summed E-state index contributed by atoms with van der Waals surface area (Å²) in [5, 5.41) is 22.5. The summed E-state index contributed by atoms with van der Waals surface area (Å²) >= 11 is 0. The second-order valence-corrected chi connectivity index (χ2v) is 5.58. The van der Waals surface area contributed by atoms with Crippen molar-refractivity contribution in [3.05, 3.63) is 47.5 Å². The number of carboxylic acid groups (broad SMARTS) is 1. The molecule has 0 saturated heterocycles. The fraction of sp³-hybridized carbons (Fsp3) is 0.471. The number of carboxylic acids is 1. The summed E-state index contributed by atoms with van der Waals surface area (Å²) in [5.74, 6) is -0.923. The maximum atomic E-state index is 11.0. The molecule has 0 fully saturated rings. The summed E-state index contributed by atoms with van der Waals surface area (Å²) in [6.45, 7) is 4.08. The summed E-state index contributed by atoms with van der Waals surface area (Å²) in [4.78, 5) is 11.0. The molecule has 1 aromatic carbocycles. The normalized spacial score (nSPS) is 16.8. The molecule has 21 heavy (non-hydrogen) atoms. The zero-order valence-electron chi connectivity index (χ0n) is 12.2. The Morgan fingerprint density at radius 3 is 2.71 bits per heavy atom. The van der Waals surface area contributed by atoms with Gasteiger partial charge in [0.25, 0.3) is 0 Å². The number of aryl methyl sites for hydroxylation is 2. The van der Waals surface area contributed by atoms with Crippen molar-refractivity contribution in [2.45, 2.75) is 44.2 Å². The maximum absolute atomic E-state index is 11.0. The van der Waals surface area contributed by atoms with Gasteiger partial charge >= 0.3 is 5.97 Å². The van der Waals surface area contributed by atoms with Crippen molar-refractivity contribution in [1.82, 2.24) is 5.32 Å². The molecule has 0 radical (unpaired) electrons. The van der Waals surface area contributed by atoms with Gasteiger partial charge in [-0.1, -0.05) is 24.3 Å². The van der Waals surface area contributed by atoms with E-state index in [0.717, 1.165) is 18.4 Å². The number of rotatable bonds is 7. The lowest BCUT2D eigenvalue weighted by molar-refractivity contribution is -0.138. The number of aliphatic hydroxyl groups excluding tert-OH is 1. The Bertz CT molecular complexity index is 513. The van der Waals surface area contributed by atoms with E-state index in [1.807, 2.05) is 12.1 Å². The second kappa shape index (κ2) is 7.38. The third-order valence-corrected chi connectivity index (χ3v) is 4.01. The summed E-state index contributed by atoms with van der Waals surface area (Å²) in [6.07, 6.45) is 5.25. The van der Waals surface area contributed by atoms with Crippen LogP contribution in [-0.2, 0) is 17.6 Å². The Labute approximate surface area is 125 Å². The predicted molar refractivity (Wildman–Crippen MR) is 82.3 cm³/mol. The van der Waals surface area contributed by atoms with Crippen LogP contribution in [0.5, 0.6) is 0 Å². The van der Waals surface area contributed by atoms with E-state index < -0.39 is 18.1 Å². The minimum Gasteiger partial charge on any atom is -0.481 e. The van der Waals surface area contributed by atoms with Gasteiger partial charge < -0.3 is 15.5 Å². The molecular formula is C17H23NO3. The first-order valence-electron chi connectivity index (χ1n) is 7.47. The van der Waals surface area contributed by atoms with Crippen LogP contribution in [0.4, 0.5) is 0 Å². The Kier molecular flexibility index (Phi) is 5.53. The largest absolute Gasteiger partial charge is 0.481 e. The first-order chi connectivity index (χ1) is 10.1. The number of hydrogen-bond donors (Lipinski definition) is 3. The maximum Gasteiger partial charge on any atom is 0.305 e. The van der Waals surface area contributed by atoms with Crippen LogP contribution >= 0.6 is 0 Å². The molecule has 4 heteroatoms. The van der Waals surface area contributed by atoms with E-state index in [-0.39, 0.29) is 6.42 Å². The Morgan fingerprint density at radius 1 is 1.33 bits per heavy atom. The summed E-state index contributed by atoms with van der Waals surface area (Å²) in [5.41, 5.74) is 3.43. The van der Waals surface area contributed by atoms with Crippen molar-refractivity contribution < 1.29 is 15.0 Å². The van der Waals surface area contributed by atoms with Crippen molar-refractivity contribution in [3.63, 3.8) is 0 Å². The predicted octanol–water partition coefficient (Wildman–Crippen LogP) is 2.22. The minimum atomic E-state index is -0.923. The van der Waals surface area contributed by atoms with Crippen LogP contribution < -0.4 is 5.32 Å². The first-order valence-corrected chi connectivity index (χ1v) is 7.47. The van der Waals surface area contributed by atoms with Gasteiger partial charge in [0.15, 0.2) is 0 Å². The molecule has 2 unspecified atom stereocenters. The minimum absolute atomic E-state index is 0.119. The van der Waals surface area contributed by atoms with Gasteiger partial charge in [-0.3, -0.25) is 4.79 Å². The van der Waals surface area contributed by atoms with Crippen molar-refractivity contribution in [3.8, 4) is 0 Å². The Hall–Kier alpha value is -1.65. The molecule has 114 valence electrons. The highest BCUT2D eigenvalue weighted by atomic mass is 16.4. The molecule has 2 atom stereocenters. The van der Waals surface area contributed by atoms with E-state index in [9.17, 15) is 9.90 Å². The third-order valence-electron chi connectivity index (χ3n) is 4.01. The molecule has 3 N–H and O–H groups in total. The van der Waals surface area contributed by atoms with Crippen molar-refractivity contribution >= 4 is 5.97 Å². The second-order valence-electron chi connectivity index (χ2n) is 5.58. The zero-order valence-corrected chi connectivity index (χ0v) is 12.2. The van der Waals surface area contributed by atoms with Gasteiger partial charge in [-0.25, -0.2) is 0 Å². The van der Waals surface area contributed by atoms with Gasteiger partial charge in [0, 0.05) is 12.6 Å². The van der Waals surface area contributed by atoms with Crippen LogP contribution in [0.15, 0.2) is 30.9 Å². The SMILES string of the molecule is C=CCNC(CC(=O)O)C(O)c1ccc2c(c1)CCCC2. The van der Waals surface area contributed by atoms with E-state index in [0.29, 0.717) is 6.54 Å². The molecule has 1 aromatic rings. The fourth-order valence-corrected chi connectivity index (χ4v) is 2.89. The summed E-state index contributed by atoms with van der Waals surface area (Å²) < 4.78 is 0. The highest BCUT2D eigenvalue weighted by molar-refractivity contribution is 5.67. The topological polar surface area (TPSA) is 69.6 Å². The number of carbonyl (C=O) groups is 1. The van der Waals surface area contributed by atoms with Crippen molar-refractivity contribution in [2.75, 3.05) is 6.54 Å². The lowest BCUT2D eigenvalue weighted by Crippen LogP contribution is -2.37. The van der Waals surface area contributed by atoms with Crippen LogP contribution in [-0.4, -0.2) is 28.8 Å². The standard InChI is InChI=1S/C17H23NO3/c1-2-9-18-15(11-16(19)20)17(21)14-8-7-12-5-3-4-6-13(12)10-14/h2,7-8,10,15,17-18,21H,1,3-6,9,11H2,(H,19,20).